The molecule has 164 valence electrons. The van der Waals surface area contributed by atoms with E-state index in [2.05, 4.69) is 27.7 Å². The highest BCUT2D eigenvalue weighted by molar-refractivity contribution is 8.00. The molecule has 0 radical (unpaired) electrons. The maximum absolute atomic E-state index is 13.4. The highest BCUT2D eigenvalue weighted by atomic mass is 32.2. The van der Waals surface area contributed by atoms with Gasteiger partial charge in [0.2, 0.25) is 11.1 Å². The number of nitrogens with zero attached hydrogens (tertiary/aromatic N) is 5. The van der Waals surface area contributed by atoms with Crippen molar-refractivity contribution >= 4 is 34.1 Å². The summed E-state index contributed by atoms with van der Waals surface area (Å²) in [4.78, 5) is 15.2. The molecule has 1 atom stereocenters. The molecular formula is C24H25N5O2S. The van der Waals surface area contributed by atoms with Crippen LogP contribution in [0.5, 0.6) is 5.75 Å². The minimum Gasteiger partial charge on any atom is -0.497 e. The first-order valence-electron chi connectivity index (χ1n) is 10.5. The SMILES string of the molecule is CCN(C(=O)C(C)Sc1nnnn1Cc1ccc(OC)cc1)c1cccc2ccccc12. The number of aromatic nitrogens is 4. The third kappa shape index (κ3) is 4.60. The Bertz CT molecular complexity index is 1200. The van der Waals surface area contributed by atoms with Crippen LogP contribution in [0.3, 0.4) is 0 Å². The molecule has 0 aliphatic rings. The number of hydrogen-bond donors (Lipinski definition) is 0. The Balaban J connectivity index is 1.51. The van der Waals surface area contributed by atoms with Crippen molar-refractivity contribution in [3.05, 3.63) is 72.3 Å². The number of ether oxygens (including phenoxy) is 1. The molecule has 0 fully saturated rings. The molecule has 1 amide bonds. The topological polar surface area (TPSA) is 73.1 Å². The summed E-state index contributed by atoms with van der Waals surface area (Å²) in [5.41, 5.74) is 1.96. The number of rotatable bonds is 8. The average Bonchev–Trinajstić information content (AvgIpc) is 3.26. The Hall–Kier alpha value is -3.39. The van der Waals surface area contributed by atoms with Crippen molar-refractivity contribution in [3.8, 4) is 5.75 Å². The second kappa shape index (κ2) is 9.82. The number of amides is 1. The fourth-order valence-electron chi connectivity index (χ4n) is 3.60. The molecule has 0 N–H and O–H groups in total. The maximum Gasteiger partial charge on any atom is 0.240 e. The number of carbonyl (C=O) groups excluding carboxylic acids is 1. The molecule has 1 heterocycles. The fraction of sp³-hybridized carbons (Fsp3) is 0.250. The number of thioether (sulfide) groups is 1. The van der Waals surface area contributed by atoms with Crippen LogP contribution >= 0.6 is 11.8 Å². The molecule has 0 bridgehead atoms. The molecule has 0 aliphatic heterocycles. The summed E-state index contributed by atoms with van der Waals surface area (Å²) in [5.74, 6) is 0.820. The van der Waals surface area contributed by atoms with E-state index in [4.69, 9.17) is 4.74 Å². The van der Waals surface area contributed by atoms with Crippen molar-refractivity contribution in [2.24, 2.45) is 0 Å². The Morgan fingerprint density at radius 3 is 2.59 bits per heavy atom. The van der Waals surface area contributed by atoms with E-state index in [-0.39, 0.29) is 11.2 Å². The third-order valence-electron chi connectivity index (χ3n) is 5.26. The van der Waals surface area contributed by atoms with Gasteiger partial charge in [-0.25, -0.2) is 4.68 Å². The minimum absolute atomic E-state index is 0.0212. The van der Waals surface area contributed by atoms with Crippen molar-refractivity contribution < 1.29 is 9.53 Å². The molecule has 3 aromatic carbocycles. The summed E-state index contributed by atoms with van der Waals surface area (Å²) < 4.78 is 6.92. The lowest BCUT2D eigenvalue weighted by molar-refractivity contribution is -0.117. The predicted octanol–water partition coefficient (Wildman–Crippen LogP) is 4.42. The van der Waals surface area contributed by atoms with Gasteiger partial charge in [0, 0.05) is 11.9 Å². The number of fused-ring (bicyclic) bond motifs is 1. The smallest absolute Gasteiger partial charge is 0.240 e. The standard InChI is InChI=1S/C24H25N5O2S/c1-4-28(22-11-7-9-19-8-5-6-10-21(19)22)23(30)17(2)32-24-25-26-27-29(24)16-18-12-14-20(31-3)15-13-18/h5-15,17H,4,16H2,1-3H3. The lowest BCUT2D eigenvalue weighted by atomic mass is 10.1. The van der Waals surface area contributed by atoms with Crippen LogP contribution in [0.1, 0.15) is 19.4 Å². The van der Waals surface area contributed by atoms with Crippen LogP contribution in [0.2, 0.25) is 0 Å². The monoisotopic (exact) mass is 447 g/mol. The van der Waals surface area contributed by atoms with Crippen molar-refractivity contribution in [2.75, 3.05) is 18.6 Å². The van der Waals surface area contributed by atoms with Gasteiger partial charge in [-0.1, -0.05) is 60.3 Å². The van der Waals surface area contributed by atoms with Gasteiger partial charge in [0.05, 0.1) is 24.6 Å². The van der Waals surface area contributed by atoms with Gasteiger partial charge in [-0.05, 0) is 53.4 Å². The van der Waals surface area contributed by atoms with Crippen molar-refractivity contribution in [2.45, 2.75) is 30.8 Å². The van der Waals surface area contributed by atoms with Crippen LogP contribution in [0.4, 0.5) is 5.69 Å². The number of hydrogen-bond acceptors (Lipinski definition) is 6. The van der Waals surface area contributed by atoms with Gasteiger partial charge in [0.1, 0.15) is 5.75 Å². The Labute approximate surface area is 191 Å². The second-order valence-electron chi connectivity index (χ2n) is 7.31. The van der Waals surface area contributed by atoms with E-state index < -0.39 is 0 Å². The predicted molar refractivity (Wildman–Crippen MR) is 127 cm³/mol. The molecule has 8 heteroatoms. The van der Waals surface area contributed by atoms with Crippen molar-refractivity contribution in [1.29, 1.82) is 0 Å². The van der Waals surface area contributed by atoms with Gasteiger partial charge in [-0.2, -0.15) is 0 Å². The molecule has 4 rings (SSSR count). The largest absolute Gasteiger partial charge is 0.497 e. The van der Waals surface area contributed by atoms with Crippen LogP contribution in [0.25, 0.3) is 10.8 Å². The van der Waals surface area contributed by atoms with Gasteiger partial charge in [0.25, 0.3) is 0 Å². The van der Waals surface area contributed by atoms with Gasteiger partial charge in [0.15, 0.2) is 0 Å². The molecular weight excluding hydrogens is 422 g/mol. The molecule has 0 saturated carbocycles. The normalized spacial score (nSPS) is 12.0. The van der Waals surface area contributed by atoms with E-state index in [9.17, 15) is 4.79 Å². The molecule has 0 spiro atoms. The summed E-state index contributed by atoms with van der Waals surface area (Å²) in [6.07, 6.45) is 0. The quantitative estimate of drug-likeness (QED) is 0.372. The third-order valence-corrected chi connectivity index (χ3v) is 6.32. The number of tetrazole rings is 1. The first-order valence-corrected chi connectivity index (χ1v) is 11.3. The lowest BCUT2D eigenvalue weighted by Gasteiger charge is -2.25. The summed E-state index contributed by atoms with van der Waals surface area (Å²) in [6, 6.07) is 21.9. The molecule has 1 unspecified atom stereocenters. The van der Waals surface area contributed by atoms with Crippen molar-refractivity contribution in [1.82, 2.24) is 20.2 Å². The first kappa shape index (κ1) is 21.8. The summed E-state index contributed by atoms with van der Waals surface area (Å²) in [5, 5.41) is 14.5. The Kier molecular flexibility index (Phi) is 6.70. The van der Waals surface area contributed by atoms with E-state index in [1.54, 1.807) is 11.8 Å². The number of benzene rings is 3. The zero-order chi connectivity index (χ0) is 22.5. The van der Waals surface area contributed by atoms with Gasteiger partial charge >= 0.3 is 0 Å². The second-order valence-corrected chi connectivity index (χ2v) is 8.62. The highest BCUT2D eigenvalue weighted by Gasteiger charge is 2.25. The Morgan fingerprint density at radius 2 is 1.84 bits per heavy atom. The van der Waals surface area contributed by atoms with Gasteiger partial charge < -0.3 is 9.64 Å². The summed E-state index contributed by atoms with van der Waals surface area (Å²) >= 11 is 1.37. The number of anilines is 1. The number of carbonyl (C=O) groups is 1. The molecule has 0 aliphatic carbocycles. The summed E-state index contributed by atoms with van der Waals surface area (Å²) in [7, 11) is 1.64. The molecule has 7 nitrogen and oxygen atoms in total. The van der Waals surface area contributed by atoms with E-state index in [0.29, 0.717) is 18.2 Å². The molecule has 1 aromatic heterocycles. The zero-order valence-corrected chi connectivity index (χ0v) is 19.1. The van der Waals surface area contributed by atoms with Crippen LogP contribution in [0.15, 0.2) is 71.9 Å². The minimum atomic E-state index is -0.352. The lowest BCUT2D eigenvalue weighted by Crippen LogP contribution is -2.36. The average molecular weight is 448 g/mol. The fourth-order valence-corrected chi connectivity index (χ4v) is 4.45. The molecule has 32 heavy (non-hydrogen) atoms. The number of methoxy groups -OCH3 is 1. The van der Waals surface area contributed by atoms with Crippen LogP contribution in [0, 0.1) is 0 Å². The highest BCUT2D eigenvalue weighted by Crippen LogP contribution is 2.30. The molecule has 0 saturated heterocycles. The van der Waals surface area contributed by atoms with Crippen LogP contribution in [-0.2, 0) is 11.3 Å². The first-order chi connectivity index (χ1) is 15.6. The van der Waals surface area contributed by atoms with E-state index in [0.717, 1.165) is 27.8 Å². The van der Waals surface area contributed by atoms with Crippen molar-refractivity contribution in [3.63, 3.8) is 0 Å². The maximum atomic E-state index is 13.4. The van der Waals surface area contributed by atoms with Crippen LogP contribution < -0.4 is 9.64 Å². The van der Waals surface area contributed by atoms with E-state index >= 15 is 0 Å². The van der Waals surface area contributed by atoms with Gasteiger partial charge in [-0.15, -0.1) is 5.10 Å². The Morgan fingerprint density at radius 1 is 1.09 bits per heavy atom. The summed E-state index contributed by atoms with van der Waals surface area (Å²) in [6.45, 7) is 4.98. The van der Waals surface area contributed by atoms with E-state index in [1.165, 1.54) is 11.8 Å². The van der Waals surface area contributed by atoms with E-state index in [1.807, 2.05) is 73.3 Å². The zero-order valence-electron chi connectivity index (χ0n) is 18.3. The molecule has 4 aromatic rings. The van der Waals surface area contributed by atoms with Gasteiger partial charge in [-0.3, -0.25) is 4.79 Å². The van der Waals surface area contributed by atoms with Crippen LogP contribution in [-0.4, -0.2) is 45.0 Å².